The molecule has 26 heavy (non-hydrogen) atoms. The second kappa shape index (κ2) is 6.21. The van der Waals surface area contributed by atoms with E-state index in [2.05, 4.69) is 14.9 Å². The Morgan fingerprint density at radius 2 is 1.88 bits per heavy atom. The standard InChI is InChI=1S/C19H26N4O3/c1-12-13(2)20-11-21-16(12)22-7-5-19(6-8-22)9-15(18(25)26)23(10-19)17(24)14-3-4-14/h11,14-15H,3-10H2,1-2H3,(H,25,26). The van der Waals surface area contributed by atoms with Crippen molar-refractivity contribution < 1.29 is 14.7 Å². The lowest BCUT2D eigenvalue weighted by molar-refractivity contribution is -0.148. The fraction of sp³-hybridized carbons (Fsp3) is 0.684. The predicted molar refractivity (Wildman–Crippen MR) is 95.9 cm³/mol. The summed E-state index contributed by atoms with van der Waals surface area (Å²) in [7, 11) is 0. The Morgan fingerprint density at radius 1 is 1.19 bits per heavy atom. The van der Waals surface area contributed by atoms with Gasteiger partial charge in [-0.3, -0.25) is 4.79 Å². The number of aryl methyl sites for hydroxylation is 1. The molecule has 2 saturated heterocycles. The second-order valence-electron chi connectivity index (χ2n) is 8.19. The summed E-state index contributed by atoms with van der Waals surface area (Å²) in [5.74, 6) is 0.240. The summed E-state index contributed by atoms with van der Waals surface area (Å²) in [5.41, 5.74) is 2.02. The van der Waals surface area contributed by atoms with Gasteiger partial charge in [0.2, 0.25) is 5.91 Å². The molecule has 1 amide bonds. The third kappa shape index (κ3) is 2.93. The fourth-order valence-corrected chi connectivity index (χ4v) is 4.47. The quantitative estimate of drug-likeness (QED) is 0.886. The first kappa shape index (κ1) is 17.2. The molecule has 1 atom stereocenters. The van der Waals surface area contributed by atoms with Crippen molar-refractivity contribution in [2.45, 2.75) is 52.0 Å². The molecule has 3 aliphatic rings. The summed E-state index contributed by atoms with van der Waals surface area (Å²) >= 11 is 0. The van der Waals surface area contributed by atoms with E-state index < -0.39 is 12.0 Å². The Bertz CT molecular complexity index is 738. The van der Waals surface area contributed by atoms with Crippen molar-refractivity contribution in [2.24, 2.45) is 11.3 Å². The van der Waals surface area contributed by atoms with Gasteiger partial charge in [0, 0.05) is 36.8 Å². The average Bonchev–Trinajstić information content (AvgIpc) is 3.40. The van der Waals surface area contributed by atoms with E-state index in [1.807, 2.05) is 13.8 Å². The molecular weight excluding hydrogens is 332 g/mol. The topological polar surface area (TPSA) is 86.6 Å². The number of carboxylic acids is 1. The zero-order chi connectivity index (χ0) is 18.5. The third-order valence-corrected chi connectivity index (χ3v) is 6.44. The summed E-state index contributed by atoms with van der Waals surface area (Å²) in [5, 5.41) is 9.62. The van der Waals surface area contributed by atoms with Gasteiger partial charge in [-0.25, -0.2) is 14.8 Å². The first-order valence-electron chi connectivity index (χ1n) is 9.47. The molecule has 1 aromatic rings. The maximum Gasteiger partial charge on any atom is 0.326 e. The van der Waals surface area contributed by atoms with Crippen LogP contribution in [0.4, 0.5) is 5.82 Å². The number of carbonyl (C=O) groups excluding carboxylic acids is 1. The van der Waals surface area contributed by atoms with Gasteiger partial charge >= 0.3 is 5.97 Å². The molecule has 3 fully saturated rings. The highest BCUT2D eigenvalue weighted by molar-refractivity contribution is 5.87. The number of aromatic nitrogens is 2. The summed E-state index contributed by atoms with van der Waals surface area (Å²) < 4.78 is 0. The molecule has 1 spiro atoms. The van der Waals surface area contributed by atoms with E-state index in [0.29, 0.717) is 13.0 Å². The van der Waals surface area contributed by atoms with Gasteiger partial charge in [-0.2, -0.15) is 0 Å². The van der Waals surface area contributed by atoms with Gasteiger partial charge in [-0.05, 0) is 51.4 Å². The van der Waals surface area contributed by atoms with Crippen molar-refractivity contribution in [3.05, 3.63) is 17.6 Å². The van der Waals surface area contributed by atoms with Gasteiger partial charge in [-0.1, -0.05) is 0 Å². The molecule has 4 rings (SSSR count). The van der Waals surface area contributed by atoms with Crippen LogP contribution in [0.15, 0.2) is 6.33 Å². The summed E-state index contributed by atoms with van der Waals surface area (Å²) in [6, 6.07) is -0.655. The van der Waals surface area contributed by atoms with Gasteiger partial charge in [-0.15, -0.1) is 0 Å². The predicted octanol–water partition coefficient (Wildman–Crippen LogP) is 1.78. The largest absolute Gasteiger partial charge is 0.480 e. The van der Waals surface area contributed by atoms with Crippen LogP contribution in [0, 0.1) is 25.2 Å². The van der Waals surface area contributed by atoms with Gasteiger partial charge in [0.25, 0.3) is 0 Å². The van der Waals surface area contributed by atoms with Crippen LogP contribution in [0.1, 0.15) is 43.4 Å². The van der Waals surface area contributed by atoms with Crippen molar-refractivity contribution >= 4 is 17.7 Å². The normalized spacial score (nSPS) is 24.9. The number of carboxylic acid groups (broad SMARTS) is 1. The molecular formula is C19H26N4O3. The van der Waals surface area contributed by atoms with Crippen LogP contribution in [0.5, 0.6) is 0 Å². The molecule has 1 saturated carbocycles. The van der Waals surface area contributed by atoms with Crippen LogP contribution in [0.25, 0.3) is 0 Å². The van der Waals surface area contributed by atoms with Gasteiger partial charge in [0.05, 0.1) is 0 Å². The first-order chi connectivity index (χ1) is 12.4. The number of rotatable bonds is 3. The number of carbonyl (C=O) groups is 2. The average molecular weight is 358 g/mol. The molecule has 140 valence electrons. The van der Waals surface area contributed by atoms with Crippen LogP contribution < -0.4 is 4.90 Å². The third-order valence-electron chi connectivity index (χ3n) is 6.44. The van der Waals surface area contributed by atoms with Crippen molar-refractivity contribution in [1.82, 2.24) is 14.9 Å². The molecule has 0 bridgehead atoms. The summed E-state index contributed by atoms with van der Waals surface area (Å²) in [4.78, 5) is 36.9. The Morgan fingerprint density at radius 3 is 2.50 bits per heavy atom. The highest BCUT2D eigenvalue weighted by Gasteiger charge is 2.51. The van der Waals surface area contributed by atoms with Crippen LogP contribution in [0.2, 0.25) is 0 Å². The van der Waals surface area contributed by atoms with Crippen LogP contribution >= 0.6 is 0 Å². The highest BCUT2D eigenvalue weighted by Crippen LogP contribution is 2.46. The minimum absolute atomic E-state index is 0.0546. The zero-order valence-electron chi connectivity index (χ0n) is 15.4. The molecule has 1 unspecified atom stereocenters. The van der Waals surface area contributed by atoms with E-state index in [1.54, 1.807) is 11.2 Å². The van der Waals surface area contributed by atoms with E-state index in [9.17, 15) is 14.7 Å². The smallest absolute Gasteiger partial charge is 0.326 e. The van der Waals surface area contributed by atoms with Crippen LogP contribution in [-0.4, -0.2) is 57.5 Å². The number of hydrogen-bond acceptors (Lipinski definition) is 5. The van der Waals surface area contributed by atoms with Gasteiger partial charge in [0.1, 0.15) is 18.2 Å². The number of nitrogens with zero attached hydrogens (tertiary/aromatic N) is 4. The lowest BCUT2D eigenvalue weighted by Gasteiger charge is -2.40. The zero-order valence-corrected chi connectivity index (χ0v) is 15.4. The van der Waals surface area contributed by atoms with E-state index in [1.165, 1.54) is 0 Å². The van der Waals surface area contributed by atoms with E-state index in [-0.39, 0.29) is 17.2 Å². The van der Waals surface area contributed by atoms with Gasteiger partial charge in [0.15, 0.2) is 0 Å². The minimum atomic E-state index is -0.861. The SMILES string of the molecule is Cc1ncnc(N2CCC3(CC2)CC(C(=O)O)N(C(=O)C2CC2)C3)c1C. The van der Waals surface area contributed by atoms with Crippen molar-refractivity contribution in [1.29, 1.82) is 0 Å². The van der Waals surface area contributed by atoms with Gasteiger partial charge < -0.3 is 14.9 Å². The number of anilines is 1. The summed E-state index contributed by atoms with van der Waals surface area (Å²) in [6.45, 7) is 6.31. The van der Waals surface area contributed by atoms with Crippen molar-refractivity contribution in [3.8, 4) is 0 Å². The van der Waals surface area contributed by atoms with E-state index in [4.69, 9.17) is 0 Å². The maximum absolute atomic E-state index is 12.6. The molecule has 1 aromatic heterocycles. The maximum atomic E-state index is 12.6. The fourth-order valence-electron chi connectivity index (χ4n) is 4.47. The highest BCUT2D eigenvalue weighted by atomic mass is 16.4. The lowest BCUT2D eigenvalue weighted by Crippen LogP contribution is -2.43. The Labute approximate surface area is 153 Å². The first-order valence-corrected chi connectivity index (χ1v) is 9.47. The number of likely N-dealkylation sites (tertiary alicyclic amines) is 1. The Balaban J connectivity index is 1.48. The molecule has 1 aliphatic carbocycles. The molecule has 3 heterocycles. The molecule has 0 aromatic carbocycles. The molecule has 7 heteroatoms. The van der Waals surface area contributed by atoms with Crippen molar-refractivity contribution in [2.75, 3.05) is 24.5 Å². The van der Waals surface area contributed by atoms with E-state index in [0.717, 1.165) is 55.8 Å². The molecule has 7 nitrogen and oxygen atoms in total. The van der Waals surface area contributed by atoms with Crippen molar-refractivity contribution in [3.63, 3.8) is 0 Å². The number of amides is 1. The number of piperidine rings is 1. The summed E-state index contributed by atoms with van der Waals surface area (Å²) in [6.07, 6.45) is 5.80. The monoisotopic (exact) mass is 358 g/mol. The Hall–Kier alpha value is -2.18. The van der Waals surface area contributed by atoms with Crippen LogP contribution in [-0.2, 0) is 9.59 Å². The Kier molecular flexibility index (Phi) is 4.12. The molecule has 2 aliphatic heterocycles. The number of aliphatic carboxylic acids is 1. The second-order valence-corrected chi connectivity index (χ2v) is 8.19. The van der Waals surface area contributed by atoms with E-state index >= 15 is 0 Å². The molecule has 0 radical (unpaired) electrons. The van der Waals surface area contributed by atoms with Crippen LogP contribution in [0.3, 0.4) is 0 Å². The lowest BCUT2D eigenvalue weighted by atomic mass is 9.76. The molecule has 1 N–H and O–H groups in total. The minimum Gasteiger partial charge on any atom is -0.480 e. The number of hydrogen-bond donors (Lipinski definition) is 1.